The molecule has 0 saturated carbocycles. The van der Waals surface area contributed by atoms with Crippen LogP contribution in [0, 0.1) is 0 Å². The zero-order valence-electron chi connectivity index (χ0n) is 9.80. The standard InChI is InChI=1S/C12H13N3O3/c1-2-8(12(17)18)13-11(16)10-7-5-3-4-6-9(7)14-15-10/h3-6,8H,2H2,1H3,(H,13,16)(H,14,15)(H,17,18)/t8-/m1/s1. The van der Waals surface area contributed by atoms with E-state index in [4.69, 9.17) is 5.11 Å². The molecule has 0 saturated heterocycles. The first kappa shape index (κ1) is 12.1. The molecule has 2 rings (SSSR count). The summed E-state index contributed by atoms with van der Waals surface area (Å²) in [6.07, 6.45) is 0.323. The first-order chi connectivity index (χ1) is 8.63. The van der Waals surface area contributed by atoms with Crippen LogP contribution in [-0.2, 0) is 4.79 Å². The van der Waals surface area contributed by atoms with Gasteiger partial charge in [-0.05, 0) is 12.5 Å². The minimum absolute atomic E-state index is 0.213. The van der Waals surface area contributed by atoms with Gasteiger partial charge in [-0.25, -0.2) is 4.79 Å². The molecular formula is C12H13N3O3. The molecule has 0 bridgehead atoms. The Hall–Kier alpha value is -2.37. The van der Waals surface area contributed by atoms with Gasteiger partial charge < -0.3 is 10.4 Å². The van der Waals surface area contributed by atoms with Crippen molar-refractivity contribution < 1.29 is 14.7 Å². The average molecular weight is 247 g/mol. The summed E-state index contributed by atoms with van der Waals surface area (Å²) >= 11 is 0. The maximum Gasteiger partial charge on any atom is 0.326 e. The third-order valence-corrected chi connectivity index (χ3v) is 2.70. The summed E-state index contributed by atoms with van der Waals surface area (Å²) < 4.78 is 0. The second-order valence-corrected chi connectivity index (χ2v) is 3.89. The minimum atomic E-state index is -1.05. The SMILES string of the molecule is CC[C@@H](NC(=O)c1n[nH]c2ccccc12)C(=O)O. The van der Waals surface area contributed by atoms with E-state index in [0.717, 1.165) is 5.52 Å². The van der Waals surface area contributed by atoms with Crippen molar-refractivity contribution in [3.8, 4) is 0 Å². The Kier molecular flexibility index (Phi) is 3.27. The normalized spacial score (nSPS) is 12.3. The Morgan fingerprint density at radius 1 is 1.44 bits per heavy atom. The van der Waals surface area contributed by atoms with Gasteiger partial charge in [0, 0.05) is 5.39 Å². The Labute approximate surface area is 103 Å². The molecule has 0 aliphatic heterocycles. The number of aromatic nitrogens is 2. The molecule has 0 aliphatic rings. The molecule has 1 aromatic heterocycles. The van der Waals surface area contributed by atoms with Gasteiger partial charge in [-0.3, -0.25) is 9.89 Å². The molecule has 0 spiro atoms. The van der Waals surface area contributed by atoms with Crippen LogP contribution in [0.1, 0.15) is 23.8 Å². The van der Waals surface area contributed by atoms with Gasteiger partial charge in [-0.2, -0.15) is 5.10 Å². The monoisotopic (exact) mass is 247 g/mol. The third kappa shape index (κ3) is 2.17. The van der Waals surface area contributed by atoms with Gasteiger partial charge in [0.25, 0.3) is 5.91 Å². The van der Waals surface area contributed by atoms with Gasteiger partial charge in [-0.1, -0.05) is 25.1 Å². The van der Waals surface area contributed by atoms with Crippen molar-refractivity contribution in [2.45, 2.75) is 19.4 Å². The largest absolute Gasteiger partial charge is 0.480 e. The summed E-state index contributed by atoms with van der Waals surface area (Å²) in [6, 6.07) is 6.29. The van der Waals surface area contributed by atoms with Crippen molar-refractivity contribution in [1.82, 2.24) is 15.5 Å². The maximum atomic E-state index is 11.9. The number of nitrogens with zero attached hydrogens (tertiary/aromatic N) is 1. The number of para-hydroxylation sites is 1. The van der Waals surface area contributed by atoms with Crippen LogP contribution in [0.3, 0.4) is 0 Å². The Morgan fingerprint density at radius 3 is 2.83 bits per heavy atom. The third-order valence-electron chi connectivity index (χ3n) is 2.70. The summed E-state index contributed by atoms with van der Waals surface area (Å²) in [5.41, 5.74) is 0.955. The molecule has 94 valence electrons. The van der Waals surface area contributed by atoms with Gasteiger partial charge in [0.1, 0.15) is 6.04 Å². The fraction of sp³-hybridized carbons (Fsp3) is 0.250. The van der Waals surface area contributed by atoms with Crippen LogP contribution >= 0.6 is 0 Å². The van der Waals surface area contributed by atoms with E-state index < -0.39 is 17.9 Å². The molecule has 6 nitrogen and oxygen atoms in total. The number of carbonyl (C=O) groups is 2. The van der Waals surface area contributed by atoms with Crippen LogP contribution in [0.4, 0.5) is 0 Å². The molecule has 1 heterocycles. The van der Waals surface area contributed by atoms with Crippen molar-refractivity contribution >= 4 is 22.8 Å². The number of fused-ring (bicyclic) bond motifs is 1. The van der Waals surface area contributed by atoms with Crippen LogP contribution in [0.15, 0.2) is 24.3 Å². The summed E-state index contributed by atoms with van der Waals surface area (Å²) in [7, 11) is 0. The first-order valence-corrected chi connectivity index (χ1v) is 5.60. The van der Waals surface area contributed by atoms with Crippen molar-refractivity contribution in [1.29, 1.82) is 0 Å². The van der Waals surface area contributed by atoms with Gasteiger partial charge >= 0.3 is 5.97 Å². The van der Waals surface area contributed by atoms with E-state index in [-0.39, 0.29) is 5.69 Å². The molecule has 1 amide bonds. The van der Waals surface area contributed by atoms with Crippen LogP contribution in [0.2, 0.25) is 0 Å². The Morgan fingerprint density at radius 2 is 2.17 bits per heavy atom. The fourth-order valence-electron chi connectivity index (χ4n) is 1.70. The van der Waals surface area contributed by atoms with Crippen molar-refractivity contribution in [3.63, 3.8) is 0 Å². The van der Waals surface area contributed by atoms with E-state index in [0.29, 0.717) is 11.8 Å². The zero-order valence-corrected chi connectivity index (χ0v) is 9.80. The topological polar surface area (TPSA) is 95.1 Å². The number of hydrogen-bond acceptors (Lipinski definition) is 3. The number of carbonyl (C=O) groups excluding carboxylic acids is 1. The van der Waals surface area contributed by atoms with E-state index in [2.05, 4.69) is 15.5 Å². The molecule has 1 atom stereocenters. The van der Waals surface area contributed by atoms with E-state index in [1.165, 1.54) is 0 Å². The van der Waals surface area contributed by atoms with Gasteiger partial charge in [0.05, 0.1) is 5.52 Å². The molecular weight excluding hydrogens is 234 g/mol. The lowest BCUT2D eigenvalue weighted by atomic mass is 10.2. The van der Waals surface area contributed by atoms with Crippen LogP contribution in [0.5, 0.6) is 0 Å². The molecule has 6 heteroatoms. The average Bonchev–Trinajstić information content (AvgIpc) is 2.79. The predicted octanol–water partition coefficient (Wildman–Crippen LogP) is 1.16. The highest BCUT2D eigenvalue weighted by atomic mass is 16.4. The molecule has 0 aliphatic carbocycles. The van der Waals surface area contributed by atoms with E-state index in [1.807, 2.05) is 6.07 Å². The second kappa shape index (κ2) is 4.87. The fourth-order valence-corrected chi connectivity index (χ4v) is 1.70. The molecule has 3 N–H and O–H groups in total. The summed E-state index contributed by atoms with van der Waals surface area (Å²) in [6.45, 7) is 1.70. The number of nitrogens with one attached hydrogen (secondary N) is 2. The zero-order chi connectivity index (χ0) is 13.1. The van der Waals surface area contributed by atoms with Crippen LogP contribution in [0.25, 0.3) is 10.9 Å². The lowest BCUT2D eigenvalue weighted by molar-refractivity contribution is -0.139. The van der Waals surface area contributed by atoms with Crippen molar-refractivity contribution in [2.75, 3.05) is 0 Å². The lowest BCUT2D eigenvalue weighted by Crippen LogP contribution is -2.40. The van der Waals surface area contributed by atoms with Crippen molar-refractivity contribution in [3.05, 3.63) is 30.0 Å². The number of carboxylic acids is 1. The Bertz CT molecular complexity index is 591. The number of amides is 1. The highest BCUT2D eigenvalue weighted by Crippen LogP contribution is 2.15. The van der Waals surface area contributed by atoms with Gasteiger partial charge in [0.15, 0.2) is 5.69 Å². The van der Waals surface area contributed by atoms with Crippen LogP contribution < -0.4 is 5.32 Å². The highest BCUT2D eigenvalue weighted by molar-refractivity contribution is 6.05. The number of benzene rings is 1. The smallest absolute Gasteiger partial charge is 0.326 e. The number of H-pyrrole nitrogens is 1. The molecule has 1 aromatic carbocycles. The quantitative estimate of drug-likeness (QED) is 0.755. The number of rotatable bonds is 4. The number of carboxylic acid groups (broad SMARTS) is 1. The predicted molar refractivity (Wildman–Crippen MR) is 65.3 cm³/mol. The number of aromatic amines is 1. The van der Waals surface area contributed by atoms with Crippen molar-refractivity contribution in [2.24, 2.45) is 0 Å². The summed E-state index contributed by atoms with van der Waals surface area (Å²) in [4.78, 5) is 22.8. The molecule has 2 aromatic rings. The van der Waals surface area contributed by atoms with Gasteiger partial charge in [0.2, 0.25) is 0 Å². The number of aliphatic carboxylic acids is 1. The lowest BCUT2D eigenvalue weighted by Gasteiger charge is -2.10. The molecule has 0 unspecified atom stereocenters. The Balaban J connectivity index is 2.26. The molecule has 18 heavy (non-hydrogen) atoms. The second-order valence-electron chi connectivity index (χ2n) is 3.89. The molecule has 0 radical (unpaired) electrons. The molecule has 0 fully saturated rings. The summed E-state index contributed by atoms with van der Waals surface area (Å²) in [5, 5.41) is 18.6. The van der Waals surface area contributed by atoms with E-state index in [9.17, 15) is 9.59 Å². The van der Waals surface area contributed by atoms with Crippen LogP contribution in [-0.4, -0.2) is 33.2 Å². The highest BCUT2D eigenvalue weighted by Gasteiger charge is 2.21. The van der Waals surface area contributed by atoms with E-state index >= 15 is 0 Å². The maximum absolute atomic E-state index is 11.9. The summed E-state index contributed by atoms with van der Waals surface area (Å²) in [5.74, 6) is -1.53. The van der Waals surface area contributed by atoms with Gasteiger partial charge in [-0.15, -0.1) is 0 Å². The number of hydrogen-bond donors (Lipinski definition) is 3. The van der Waals surface area contributed by atoms with E-state index in [1.54, 1.807) is 25.1 Å². The minimum Gasteiger partial charge on any atom is -0.480 e. The first-order valence-electron chi connectivity index (χ1n) is 5.60.